The number of nitrogens with one attached hydrogen (secondary N) is 1. The summed E-state index contributed by atoms with van der Waals surface area (Å²) in [4.78, 5) is 2.58. The molecule has 0 bridgehead atoms. The largest absolute Gasteiger partial charge is 0.384 e. The lowest BCUT2D eigenvalue weighted by Crippen LogP contribution is -2.30. The van der Waals surface area contributed by atoms with E-state index < -0.39 is 0 Å². The van der Waals surface area contributed by atoms with Crippen molar-refractivity contribution >= 4 is 0 Å². The van der Waals surface area contributed by atoms with Gasteiger partial charge in [-0.15, -0.1) is 0 Å². The molecule has 0 spiro atoms. The lowest BCUT2D eigenvalue weighted by Gasteiger charge is -2.20. The predicted molar refractivity (Wildman–Crippen MR) is 64.1 cm³/mol. The van der Waals surface area contributed by atoms with Crippen LogP contribution < -0.4 is 5.32 Å². The molecule has 0 aliphatic carbocycles. The summed E-state index contributed by atoms with van der Waals surface area (Å²) in [7, 11) is 1.79. The van der Waals surface area contributed by atoms with Crippen LogP contribution >= 0.6 is 0 Å². The Labute approximate surface area is 94.2 Å². The van der Waals surface area contributed by atoms with Crippen molar-refractivity contribution in [1.29, 1.82) is 0 Å². The van der Waals surface area contributed by atoms with E-state index in [1.807, 2.05) is 0 Å². The predicted octanol–water partition coefficient (Wildman–Crippen LogP) is 1.20. The van der Waals surface area contributed by atoms with Crippen LogP contribution in [0.15, 0.2) is 0 Å². The molecule has 1 rings (SSSR count). The van der Waals surface area contributed by atoms with E-state index in [-0.39, 0.29) is 0 Å². The van der Waals surface area contributed by atoms with Crippen molar-refractivity contribution in [2.45, 2.75) is 20.3 Å². The number of hydrogen-bond acceptors (Lipinski definition) is 3. The molecule has 3 nitrogen and oxygen atoms in total. The molecular formula is C12H26N2O. The maximum atomic E-state index is 5.17. The second-order valence-electron chi connectivity index (χ2n) is 4.78. The van der Waals surface area contributed by atoms with Gasteiger partial charge in [0.2, 0.25) is 0 Å². The third-order valence-corrected chi connectivity index (χ3v) is 3.07. The van der Waals surface area contributed by atoms with Crippen LogP contribution in [0.25, 0.3) is 0 Å². The van der Waals surface area contributed by atoms with E-state index in [9.17, 15) is 0 Å². The number of hydrogen-bond donors (Lipinski definition) is 1. The Balaban J connectivity index is 2.12. The molecule has 1 heterocycles. The topological polar surface area (TPSA) is 24.5 Å². The molecule has 0 aromatic carbocycles. The molecule has 1 saturated heterocycles. The van der Waals surface area contributed by atoms with Crippen molar-refractivity contribution in [2.24, 2.45) is 11.8 Å². The number of likely N-dealkylation sites (tertiary alicyclic amines) is 1. The summed E-state index contributed by atoms with van der Waals surface area (Å²) >= 11 is 0. The molecule has 0 aromatic rings. The molecule has 3 heteroatoms. The van der Waals surface area contributed by atoms with Crippen LogP contribution in [0, 0.1) is 11.8 Å². The Morgan fingerprint density at radius 1 is 1.53 bits per heavy atom. The zero-order valence-corrected chi connectivity index (χ0v) is 10.5. The van der Waals surface area contributed by atoms with E-state index >= 15 is 0 Å². The fourth-order valence-corrected chi connectivity index (χ4v) is 2.37. The Morgan fingerprint density at radius 3 is 3.00 bits per heavy atom. The SMILES string of the molecule is CCNCC1CCN(CC(C)COC)C1. The zero-order valence-electron chi connectivity index (χ0n) is 10.5. The highest BCUT2D eigenvalue weighted by molar-refractivity contribution is 4.77. The van der Waals surface area contributed by atoms with E-state index in [0.29, 0.717) is 5.92 Å². The number of rotatable bonds is 7. The van der Waals surface area contributed by atoms with Gasteiger partial charge in [-0.1, -0.05) is 13.8 Å². The smallest absolute Gasteiger partial charge is 0.0500 e. The van der Waals surface area contributed by atoms with Crippen LogP contribution in [0.3, 0.4) is 0 Å². The normalized spacial score (nSPS) is 24.6. The average molecular weight is 214 g/mol. The fraction of sp³-hybridized carbons (Fsp3) is 1.00. The van der Waals surface area contributed by atoms with Crippen molar-refractivity contribution in [1.82, 2.24) is 10.2 Å². The number of nitrogens with zero attached hydrogens (tertiary/aromatic N) is 1. The van der Waals surface area contributed by atoms with Crippen LogP contribution in [0.2, 0.25) is 0 Å². The summed E-state index contributed by atoms with van der Waals surface area (Å²) in [6, 6.07) is 0. The van der Waals surface area contributed by atoms with Crippen molar-refractivity contribution in [2.75, 3.05) is 46.4 Å². The van der Waals surface area contributed by atoms with Crippen LogP contribution in [0.4, 0.5) is 0 Å². The summed E-state index contributed by atoms with van der Waals surface area (Å²) in [5.41, 5.74) is 0. The average Bonchev–Trinajstić information content (AvgIpc) is 2.63. The monoisotopic (exact) mass is 214 g/mol. The highest BCUT2D eigenvalue weighted by atomic mass is 16.5. The molecule has 2 unspecified atom stereocenters. The van der Waals surface area contributed by atoms with Crippen molar-refractivity contribution < 1.29 is 4.74 Å². The molecule has 0 saturated carbocycles. The van der Waals surface area contributed by atoms with E-state index in [2.05, 4.69) is 24.1 Å². The van der Waals surface area contributed by atoms with E-state index in [0.717, 1.165) is 19.1 Å². The summed E-state index contributed by atoms with van der Waals surface area (Å²) in [6.07, 6.45) is 1.35. The lowest BCUT2D eigenvalue weighted by atomic mass is 10.1. The molecule has 1 aliphatic rings. The second-order valence-corrected chi connectivity index (χ2v) is 4.78. The maximum Gasteiger partial charge on any atom is 0.0500 e. The first kappa shape index (κ1) is 12.9. The molecule has 15 heavy (non-hydrogen) atoms. The van der Waals surface area contributed by atoms with Gasteiger partial charge in [0.05, 0.1) is 0 Å². The van der Waals surface area contributed by atoms with Gasteiger partial charge in [0, 0.05) is 26.8 Å². The van der Waals surface area contributed by atoms with E-state index in [1.54, 1.807) is 7.11 Å². The first-order valence-corrected chi connectivity index (χ1v) is 6.18. The summed E-state index contributed by atoms with van der Waals surface area (Å²) in [5, 5.41) is 3.44. The van der Waals surface area contributed by atoms with Crippen molar-refractivity contribution in [3.63, 3.8) is 0 Å². The Bertz CT molecular complexity index is 164. The molecule has 0 amide bonds. The molecule has 0 aromatic heterocycles. The lowest BCUT2D eigenvalue weighted by molar-refractivity contribution is 0.136. The molecule has 90 valence electrons. The van der Waals surface area contributed by atoms with Gasteiger partial charge in [0.1, 0.15) is 0 Å². The quantitative estimate of drug-likeness (QED) is 0.689. The Hall–Kier alpha value is -0.120. The highest BCUT2D eigenvalue weighted by Crippen LogP contribution is 2.16. The second kappa shape index (κ2) is 7.20. The van der Waals surface area contributed by atoms with Gasteiger partial charge in [-0.05, 0) is 37.9 Å². The molecule has 1 aliphatic heterocycles. The Morgan fingerprint density at radius 2 is 2.33 bits per heavy atom. The molecule has 0 radical (unpaired) electrons. The van der Waals surface area contributed by atoms with Gasteiger partial charge >= 0.3 is 0 Å². The Kier molecular flexibility index (Phi) is 6.22. The van der Waals surface area contributed by atoms with Gasteiger partial charge in [0.25, 0.3) is 0 Å². The van der Waals surface area contributed by atoms with Gasteiger partial charge < -0.3 is 15.0 Å². The minimum Gasteiger partial charge on any atom is -0.384 e. The van der Waals surface area contributed by atoms with Crippen LogP contribution in [0.5, 0.6) is 0 Å². The molecule has 1 fully saturated rings. The summed E-state index contributed by atoms with van der Waals surface area (Å²) < 4.78 is 5.17. The molecule has 2 atom stereocenters. The maximum absolute atomic E-state index is 5.17. The highest BCUT2D eigenvalue weighted by Gasteiger charge is 2.22. The van der Waals surface area contributed by atoms with Crippen LogP contribution in [-0.4, -0.2) is 51.3 Å². The van der Waals surface area contributed by atoms with Crippen molar-refractivity contribution in [3.05, 3.63) is 0 Å². The third kappa shape index (κ3) is 4.96. The fourth-order valence-electron chi connectivity index (χ4n) is 2.37. The van der Waals surface area contributed by atoms with Gasteiger partial charge in [0.15, 0.2) is 0 Å². The van der Waals surface area contributed by atoms with Gasteiger partial charge in [-0.25, -0.2) is 0 Å². The van der Waals surface area contributed by atoms with Gasteiger partial charge in [-0.3, -0.25) is 0 Å². The summed E-state index contributed by atoms with van der Waals surface area (Å²) in [5.74, 6) is 1.52. The van der Waals surface area contributed by atoms with E-state index in [1.165, 1.54) is 32.6 Å². The molecule has 1 N–H and O–H groups in total. The third-order valence-electron chi connectivity index (χ3n) is 3.07. The van der Waals surface area contributed by atoms with E-state index in [4.69, 9.17) is 4.74 Å². The van der Waals surface area contributed by atoms with Crippen molar-refractivity contribution in [3.8, 4) is 0 Å². The number of methoxy groups -OCH3 is 1. The van der Waals surface area contributed by atoms with Crippen LogP contribution in [0.1, 0.15) is 20.3 Å². The van der Waals surface area contributed by atoms with Gasteiger partial charge in [-0.2, -0.15) is 0 Å². The summed E-state index contributed by atoms with van der Waals surface area (Å²) in [6.45, 7) is 11.3. The standard InChI is InChI=1S/C12H26N2O/c1-4-13-7-12-5-6-14(9-12)8-11(2)10-15-3/h11-13H,4-10H2,1-3H3. The van der Waals surface area contributed by atoms with Crippen LogP contribution in [-0.2, 0) is 4.74 Å². The minimum atomic E-state index is 0.660. The first-order chi connectivity index (χ1) is 7.26. The minimum absolute atomic E-state index is 0.660. The zero-order chi connectivity index (χ0) is 11.1. The number of ether oxygens (including phenoxy) is 1. The first-order valence-electron chi connectivity index (χ1n) is 6.18. The molecular weight excluding hydrogens is 188 g/mol.